The van der Waals surface area contributed by atoms with Crippen molar-refractivity contribution in [3.63, 3.8) is 0 Å². The van der Waals surface area contributed by atoms with Gasteiger partial charge in [-0.25, -0.2) is 4.98 Å². The molecule has 1 saturated heterocycles. The lowest BCUT2D eigenvalue weighted by atomic mass is 10.1. The first-order valence-electron chi connectivity index (χ1n) is 14.1. The van der Waals surface area contributed by atoms with Crippen LogP contribution in [0.25, 0.3) is 0 Å². The van der Waals surface area contributed by atoms with Crippen LogP contribution in [-0.4, -0.2) is 68.6 Å². The fraction of sp³-hybridized carbons (Fsp3) is 0.600. The Kier molecular flexibility index (Phi) is 17.0. The highest BCUT2D eigenvalue weighted by molar-refractivity contribution is 5.80. The number of hydrogen-bond acceptors (Lipinski definition) is 7. The van der Waals surface area contributed by atoms with Crippen LogP contribution in [0.15, 0.2) is 35.4 Å². The number of morpholine rings is 1. The second kappa shape index (κ2) is 19.5. The molecular formula is C30H51N5O2. The molecule has 7 heteroatoms. The molecule has 0 radical (unpaired) electrons. The highest BCUT2D eigenvalue weighted by Gasteiger charge is 2.12. The molecule has 0 atom stereocenters. The summed E-state index contributed by atoms with van der Waals surface area (Å²) in [6.07, 6.45) is 3.95. The van der Waals surface area contributed by atoms with E-state index in [1.165, 1.54) is 11.1 Å². The lowest BCUT2D eigenvalue weighted by molar-refractivity contribution is 0.0320. The molecule has 1 aromatic carbocycles. The summed E-state index contributed by atoms with van der Waals surface area (Å²) in [6.45, 7) is 23.6. The first-order chi connectivity index (χ1) is 18.1. The molecule has 0 unspecified atom stereocenters. The molecule has 0 saturated carbocycles. The van der Waals surface area contributed by atoms with Crippen LogP contribution in [0.1, 0.15) is 71.2 Å². The average Bonchev–Trinajstić information content (AvgIpc) is 2.93. The van der Waals surface area contributed by atoms with Gasteiger partial charge < -0.3 is 14.4 Å². The predicted molar refractivity (Wildman–Crippen MR) is 160 cm³/mol. The second-order valence-electron chi connectivity index (χ2n) is 8.55. The Bertz CT molecular complexity index is 892. The maximum Gasteiger partial charge on any atom is 0.215 e. The normalized spacial score (nSPS) is 13.3. The van der Waals surface area contributed by atoms with Gasteiger partial charge in [0.2, 0.25) is 5.88 Å². The van der Waals surface area contributed by atoms with E-state index in [9.17, 15) is 0 Å². The average molecular weight is 514 g/mol. The molecule has 2 aromatic rings. The molecule has 0 aliphatic carbocycles. The highest BCUT2D eigenvalue weighted by atomic mass is 16.5. The van der Waals surface area contributed by atoms with Crippen molar-refractivity contribution in [2.45, 2.75) is 68.2 Å². The van der Waals surface area contributed by atoms with Gasteiger partial charge in [-0.2, -0.15) is 5.10 Å². The van der Waals surface area contributed by atoms with Crippen LogP contribution in [0, 0.1) is 13.8 Å². The maximum atomic E-state index is 6.09. The Morgan fingerprint density at radius 3 is 2.30 bits per heavy atom. The van der Waals surface area contributed by atoms with Gasteiger partial charge in [0.15, 0.2) is 0 Å². The minimum Gasteiger partial charge on any atom is -0.476 e. The van der Waals surface area contributed by atoms with Crippen LogP contribution in [0.4, 0.5) is 11.4 Å². The molecule has 37 heavy (non-hydrogen) atoms. The smallest absolute Gasteiger partial charge is 0.215 e. The minimum absolute atomic E-state index is 0.607. The Morgan fingerprint density at radius 1 is 1.00 bits per heavy atom. The maximum absolute atomic E-state index is 6.09. The van der Waals surface area contributed by atoms with E-state index < -0.39 is 0 Å². The van der Waals surface area contributed by atoms with Crippen LogP contribution in [-0.2, 0) is 4.74 Å². The molecule has 7 nitrogen and oxygen atoms in total. The number of hydrazone groups is 1. The van der Waals surface area contributed by atoms with Crippen molar-refractivity contribution in [2.24, 2.45) is 5.10 Å². The number of ether oxygens (including phenoxy) is 2. The van der Waals surface area contributed by atoms with Crippen LogP contribution in [0.3, 0.4) is 0 Å². The van der Waals surface area contributed by atoms with Crippen molar-refractivity contribution < 1.29 is 9.47 Å². The van der Waals surface area contributed by atoms with E-state index >= 15 is 0 Å². The van der Waals surface area contributed by atoms with E-state index in [0.717, 1.165) is 75.8 Å². The summed E-state index contributed by atoms with van der Waals surface area (Å²) in [5.41, 5.74) is 8.50. The van der Waals surface area contributed by atoms with Crippen molar-refractivity contribution in [2.75, 3.05) is 62.9 Å². The Balaban J connectivity index is 0.00000163. The number of anilines is 2. The van der Waals surface area contributed by atoms with Crippen LogP contribution < -0.4 is 15.1 Å². The number of nitrogens with zero attached hydrogens (tertiary/aromatic N) is 4. The van der Waals surface area contributed by atoms with Gasteiger partial charge in [-0.3, -0.25) is 10.3 Å². The molecule has 1 N–H and O–H groups in total. The zero-order valence-electron chi connectivity index (χ0n) is 24.6. The van der Waals surface area contributed by atoms with Crippen molar-refractivity contribution in [3.05, 3.63) is 47.2 Å². The van der Waals surface area contributed by atoms with Crippen molar-refractivity contribution >= 4 is 17.6 Å². The summed E-state index contributed by atoms with van der Waals surface area (Å²) in [5, 5.41) is 4.44. The fourth-order valence-corrected chi connectivity index (χ4v) is 3.83. The van der Waals surface area contributed by atoms with Crippen LogP contribution in [0.2, 0.25) is 0 Å². The topological polar surface area (TPSA) is 62.2 Å². The molecular weight excluding hydrogens is 462 g/mol. The van der Waals surface area contributed by atoms with Crippen molar-refractivity contribution in [1.82, 2.24) is 9.88 Å². The Morgan fingerprint density at radius 2 is 1.68 bits per heavy atom. The minimum atomic E-state index is 0.607. The van der Waals surface area contributed by atoms with Gasteiger partial charge in [0.05, 0.1) is 30.8 Å². The Labute approximate surface area is 226 Å². The molecule has 2 heterocycles. The van der Waals surface area contributed by atoms with Crippen molar-refractivity contribution in [3.8, 4) is 5.88 Å². The van der Waals surface area contributed by atoms with E-state index in [4.69, 9.17) is 14.5 Å². The highest BCUT2D eigenvalue weighted by Crippen LogP contribution is 2.22. The van der Waals surface area contributed by atoms with E-state index in [1.54, 1.807) is 6.21 Å². The third-order valence-electron chi connectivity index (χ3n) is 5.82. The zero-order chi connectivity index (χ0) is 27.5. The summed E-state index contributed by atoms with van der Waals surface area (Å²) < 4.78 is 11.5. The number of aryl methyl sites for hydroxylation is 2. The third kappa shape index (κ3) is 12.0. The molecule has 208 valence electrons. The molecule has 3 rings (SSSR count). The van der Waals surface area contributed by atoms with Gasteiger partial charge in [-0.1, -0.05) is 47.6 Å². The van der Waals surface area contributed by atoms with Gasteiger partial charge in [0.25, 0.3) is 0 Å². The number of nitrogens with one attached hydrogen (secondary N) is 1. The van der Waals surface area contributed by atoms with Gasteiger partial charge in [0, 0.05) is 44.5 Å². The van der Waals surface area contributed by atoms with Crippen LogP contribution in [0.5, 0.6) is 5.88 Å². The van der Waals surface area contributed by atoms with Gasteiger partial charge >= 0.3 is 0 Å². The number of rotatable bonds is 12. The standard InChI is InChI=1S/C26H39N5O2.2C2H6/c1-5-9-31(10-6-2)25-18-24(20-27-29-23-8-7-21(3)22(4)17-23)28-26(19-25)33-16-13-30-11-14-32-15-12-30;2*1-2/h7-8,17-20,29H,5-6,9-16H2,1-4H3;2*1-2H3/b27-20+;;. The number of aromatic nitrogens is 1. The fourth-order valence-electron chi connectivity index (χ4n) is 3.83. The summed E-state index contributed by atoms with van der Waals surface area (Å²) >= 11 is 0. The predicted octanol–water partition coefficient (Wildman–Crippen LogP) is 6.53. The summed E-state index contributed by atoms with van der Waals surface area (Å²) in [7, 11) is 0. The van der Waals surface area contributed by atoms with Gasteiger partial charge in [0.1, 0.15) is 6.61 Å². The second-order valence-corrected chi connectivity index (χ2v) is 8.55. The SMILES string of the molecule is CC.CC.CCCN(CCC)c1cc(/C=N/Nc2ccc(C)c(C)c2)nc(OCCN2CCOCC2)c1. The lowest BCUT2D eigenvalue weighted by Gasteiger charge is -2.26. The summed E-state index contributed by atoms with van der Waals surface area (Å²) in [5.74, 6) is 0.644. The zero-order valence-corrected chi connectivity index (χ0v) is 24.6. The molecule has 0 amide bonds. The lowest BCUT2D eigenvalue weighted by Crippen LogP contribution is -2.38. The molecule has 1 aliphatic heterocycles. The van der Waals surface area contributed by atoms with E-state index in [2.05, 4.69) is 72.3 Å². The number of benzene rings is 1. The quantitative estimate of drug-likeness (QED) is 0.257. The van der Waals surface area contributed by atoms with Gasteiger partial charge in [-0.05, 0) is 56.0 Å². The largest absolute Gasteiger partial charge is 0.476 e. The number of hydrogen-bond donors (Lipinski definition) is 1. The molecule has 1 fully saturated rings. The Hall–Kier alpha value is -2.64. The van der Waals surface area contributed by atoms with Crippen LogP contribution >= 0.6 is 0 Å². The summed E-state index contributed by atoms with van der Waals surface area (Å²) in [6, 6.07) is 10.4. The number of pyridine rings is 1. The van der Waals surface area contributed by atoms with E-state index in [0.29, 0.717) is 12.5 Å². The molecule has 0 bridgehead atoms. The molecule has 0 spiro atoms. The van der Waals surface area contributed by atoms with Crippen molar-refractivity contribution in [1.29, 1.82) is 0 Å². The third-order valence-corrected chi connectivity index (χ3v) is 5.82. The van der Waals surface area contributed by atoms with Gasteiger partial charge in [-0.15, -0.1) is 0 Å². The monoisotopic (exact) mass is 513 g/mol. The van der Waals surface area contributed by atoms with E-state index in [1.807, 2.05) is 33.8 Å². The van der Waals surface area contributed by atoms with E-state index in [-0.39, 0.29) is 0 Å². The first-order valence-corrected chi connectivity index (χ1v) is 14.1. The summed E-state index contributed by atoms with van der Waals surface area (Å²) in [4.78, 5) is 9.46. The molecule has 1 aromatic heterocycles. The first kappa shape index (κ1) is 32.4. The molecule has 1 aliphatic rings.